The second-order valence-corrected chi connectivity index (χ2v) is 9.05. The highest BCUT2D eigenvalue weighted by Gasteiger charge is 2.49. The lowest BCUT2D eigenvalue weighted by molar-refractivity contribution is -0.0470. The zero-order chi connectivity index (χ0) is 16.9. The van der Waals surface area contributed by atoms with Crippen LogP contribution in [0.1, 0.15) is 78.9 Å². The molecule has 1 nitrogen and oxygen atoms in total. The quantitative estimate of drug-likeness (QED) is 0.588. The molecule has 0 spiro atoms. The van der Waals surface area contributed by atoms with E-state index in [1.165, 1.54) is 16.7 Å². The van der Waals surface area contributed by atoms with Gasteiger partial charge >= 0.3 is 0 Å². The SMILES string of the molecule is C=C(C)CC1c2ccc(C(C)(C)C)cc2OC(C)(C)C1(C)C. The van der Waals surface area contributed by atoms with Crippen LogP contribution in [0.25, 0.3) is 0 Å². The molecule has 1 atom stereocenters. The van der Waals surface area contributed by atoms with Gasteiger partial charge in [-0.25, -0.2) is 0 Å². The molecule has 1 aliphatic rings. The molecule has 2 rings (SSSR count). The highest BCUT2D eigenvalue weighted by atomic mass is 16.5. The van der Waals surface area contributed by atoms with Crippen molar-refractivity contribution in [3.8, 4) is 5.75 Å². The Kier molecular flexibility index (Phi) is 4.00. The third kappa shape index (κ3) is 2.83. The molecule has 22 heavy (non-hydrogen) atoms. The summed E-state index contributed by atoms with van der Waals surface area (Å²) in [5, 5.41) is 0. The van der Waals surface area contributed by atoms with Crippen LogP contribution in [-0.2, 0) is 5.41 Å². The van der Waals surface area contributed by atoms with E-state index in [4.69, 9.17) is 4.74 Å². The number of benzene rings is 1. The van der Waals surface area contributed by atoms with Crippen LogP contribution in [0.5, 0.6) is 5.75 Å². The van der Waals surface area contributed by atoms with Gasteiger partial charge < -0.3 is 4.74 Å². The first-order valence-corrected chi connectivity index (χ1v) is 8.34. The number of ether oxygens (including phenoxy) is 1. The molecule has 1 aromatic rings. The van der Waals surface area contributed by atoms with Crippen molar-refractivity contribution in [3.05, 3.63) is 41.5 Å². The van der Waals surface area contributed by atoms with Gasteiger partial charge in [0.2, 0.25) is 0 Å². The fraction of sp³-hybridized carbons (Fsp3) is 0.619. The molecule has 0 aliphatic carbocycles. The summed E-state index contributed by atoms with van der Waals surface area (Å²) in [6.45, 7) is 22.1. The zero-order valence-electron chi connectivity index (χ0n) is 15.6. The summed E-state index contributed by atoms with van der Waals surface area (Å²) >= 11 is 0. The highest BCUT2D eigenvalue weighted by molar-refractivity contribution is 5.46. The smallest absolute Gasteiger partial charge is 0.123 e. The largest absolute Gasteiger partial charge is 0.487 e. The van der Waals surface area contributed by atoms with E-state index in [9.17, 15) is 0 Å². The van der Waals surface area contributed by atoms with Crippen LogP contribution in [0.15, 0.2) is 30.4 Å². The van der Waals surface area contributed by atoms with Crippen molar-refractivity contribution in [3.63, 3.8) is 0 Å². The van der Waals surface area contributed by atoms with Crippen LogP contribution in [-0.4, -0.2) is 5.60 Å². The molecule has 0 radical (unpaired) electrons. The van der Waals surface area contributed by atoms with E-state index in [-0.39, 0.29) is 16.4 Å². The maximum atomic E-state index is 6.45. The Morgan fingerprint density at radius 1 is 1.18 bits per heavy atom. The minimum absolute atomic E-state index is 0.0577. The van der Waals surface area contributed by atoms with Crippen molar-refractivity contribution < 1.29 is 4.74 Å². The standard InChI is InChI=1S/C21H32O/c1-14(2)12-17-16-11-10-15(19(3,4)5)13-18(16)22-21(8,9)20(17,6)7/h10-11,13,17H,1,12H2,2-9H3. The van der Waals surface area contributed by atoms with E-state index in [1.807, 2.05) is 0 Å². The average molecular weight is 300 g/mol. The van der Waals surface area contributed by atoms with Gasteiger partial charge in [-0.3, -0.25) is 0 Å². The first kappa shape index (κ1) is 17.1. The summed E-state index contributed by atoms with van der Waals surface area (Å²) in [6, 6.07) is 6.79. The number of allylic oxidation sites excluding steroid dienone is 1. The summed E-state index contributed by atoms with van der Waals surface area (Å²) in [7, 11) is 0. The summed E-state index contributed by atoms with van der Waals surface area (Å²) < 4.78 is 6.45. The van der Waals surface area contributed by atoms with Gasteiger partial charge in [0.05, 0.1) is 0 Å². The molecule has 0 aromatic heterocycles. The Labute approximate surface area is 136 Å². The van der Waals surface area contributed by atoms with Gasteiger partial charge in [0, 0.05) is 11.3 Å². The molecule has 122 valence electrons. The predicted molar refractivity (Wildman–Crippen MR) is 95.8 cm³/mol. The van der Waals surface area contributed by atoms with Crippen molar-refractivity contribution in [2.45, 2.75) is 78.7 Å². The number of hydrogen-bond acceptors (Lipinski definition) is 1. The van der Waals surface area contributed by atoms with E-state index in [0.29, 0.717) is 5.92 Å². The van der Waals surface area contributed by atoms with Crippen LogP contribution in [0, 0.1) is 5.41 Å². The summed E-state index contributed by atoms with van der Waals surface area (Å²) in [5.41, 5.74) is 3.90. The van der Waals surface area contributed by atoms with Crippen LogP contribution in [0.4, 0.5) is 0 Å². The lowest BCUT2D eigenvalue weighted by atomic mass is 9.62. The molecule has 0 saturated carbocycles. The maximum Gasteiger partial charge on any atom is 0.123 e. The third-order valence-electron chi connectivity index (χ3n) is 5.60. The highest BCUT2D eigenvalue weighted by Crippen LogP contribution is 2.55. The average Bonchev–Trinajstić information content (AvgIpc) is 2.32. The van der Waals surface area contributed by atoms with Crippen molar-refractivity contribution in [2.24, 2.45) is 5.41 Å². The fourth-order valence-corrected chi connectivity index (χ4v) is 3.31. The first-order chi connectivity index (χ1) is 9.86. The van der Waals surface area contributed by atoms with Gasteiger partial charge in [0.15, 0.2) is 0 Å². The normalized spacial score (nSPS) is 22.6. The Hall–Kier alpha value is -1.24. The molecule has 0 bridgehead atoms. The summed E-state index contributed by atoms with van der Waals surface area (Å²) in [5.74, 6) is 1.50. The van der Waals surface area contributed by atoms with Crippen molar-refractivity contribution in [2.75, 3.05) is 0 Å². The molecule has 1 aromatic carbocycles. The Morgan fingerprint density at radius 2 is 1.77 bits per heavy atom. The number of hydrogen-bond donors (Lipinski definition) is 0. The minimum atomic E-state index is -0.198. The van der Waals surface area contributed by atoms with Gasteiger partial charge in [0.1, 0.15) is 11.4 Å². The molecule has 1 heterocycles. The lowest BCUT2D eigenvalue weighted by Gasteiger charge is -2.51. The van der Waals surface area contributed by atoms with Crippen LogP contribution in [0.2, 0.25) is 0 Å². The Bertz CT molecular complexity index is 584. The third-order valence-corrected chi connectivity index (χ3v) is 5.60. The molecule has 1 heteroatoms. The van der Waals surface area contributed by atoms with Crippen LogP contribution in [0.3, 0.4) is 0 Å². The summed E-state index contributed by atoms with van der Waals surface area (Å²) in [6.07, 6.45) is 1.02. The van der Waals surface area contributed by atoms with Crippen molar-refractivity contribution >= 4 is 0 Å². The minimum Gasteiger partial charge on any atom is -0.487 e. The van der Waals surface area contributed by atoms with Crippen molar-refractivity contribution in [1.82, 2.24) is 0 Å². The molecule has 1 aliphatic heterocycles. The fourth-order valence-electron chi connectivity index (χ4n) is 3.31. The molecule has 0 fully saturated rings. The number of fused-ring (bicyclic) bond motifs is 1. The maximum absolute atomic E-state index is 6.45. The van der Waals surface area contributed by atoms with E-state index in [1.54, 1.807) is 0 Å². The van der Waals surface area contributed by atoms with E-state index in [2.05, 4.69) is 80.2 Å². The van der Waals surface area contributed by atoms with Gasteiger partial charge in [-0.15, -0.1) is 6.58 Å². The van der Waals surface area contributed by atoms with Crippen LogP contribution >= 0.6 is 0 Å². The lowest BCUT2D eigenvalue weighted by Crippen LogP contribution is -2.51. The topological polar surface area (TPSA) is 9.23 Å². The van der Waals surface area contributed by atoms with Gasteiger partial charge in [-0.05, 0) is 49.8 Å². The molecule has 0 N–H and O–H groups in total. The van der Waals surface area contributed by atoms with Crippen molar-refractivity contribution in [1.29, 1.82) is 0 Å². The van der Waals surface area contributed by atoms with E-state index >= 15 is 0 Å². The molecule has 1 unspecified atom stereocenters. The predicted octanol–water partition coefficient (Wildman–Crippen LogP) is 6.23. The molecular formula is C21H32O. The van der Waals surface area contributed by atoms with Crippen LogP contribution < -0.4 is 4.74 Å². The monoisotopic (exact) mass is 300 g/mol. The molecule has 0 amide bonds. The summed E-state index contributed by atoms with van der Waals surface area (Å²) in [4.78, 5) is 0. The zero-order valence-corrected chi connectivity index (χ0v) is 15.6. The Morgan fingerprint density at radius 3 is 2.27 bits per heavy atom. The second-order valence-electron chi connectivity index (χ2n) is 9.05. The molecule has 0 saturated heterocycles. The second kappa shape index (κ2) is 5.15. The van der Waals surface area contributed by atoms with Gasteiger partial charge in [-0.1, -0.05) is 52.3 Å². The Balaban J connectivity index is 2.59. The van der Waals surface area contributed by atoms with E-state index < -0.39 is 0 Å². The first-order valence-electron chi connectivity index (χ1n) is 8.34. The van der Waals surface area contributed by atoms with Gasteiger partial charge in [0.25, 0.3) is 0 Å². The molecular weight excluding hydrogens is 268 g/mol. The number of rotatable bonds is 2. The van der Waals surface area contributed by atoms with E-state index in [0.717, 1.165) is 12.2 Å². The van der Waals surface area contributed by atoms with Gasteiger partial charge in [-0.2, -0.15) is 0 Å².